The Labute approximate surface area is 165 Å². The second-order valence-electron chi connectivity index (χ2n) is 6.59. The average Bonchev–Trinajstić information content (AvgIpc) is 3.27. The molecular weight excluding hydrogens is 375 g/mol. The number of hydrogen-bond donors (Lipinski definition) is 1. The van der Waals surface area contributed by atoms with Crippen molar-refractivity contribution in [2.45, 2.75) is 13.8 Å². The molecule has 0 saturated heterocycles. The van der Waals surface area contributed by atoms with E-state index in [0.717, 1.165) is 11.1 Å². The normalized spacial score (nSPS) is 14.2. The molecule has 6 heteroatoms. The first-order chi connectivity index (χ1) is 13.5. The molecule has 2 amide bonds. The SMILES string of the molecule is Cc1ccc(C)c(N2C(=O)C(Nc3ccc(F)cc3)=C(c3cccs3)C2=O)c1. The highest BCUT2D eigenvalue weighted by molar-refractivity contribution is 7.11. The van der Waals surface area contributed by atoms with E-state index < -0.39 is 5.91 Å². The van der Waals surface area contributed by atoms with Crippen molar-refractivity contribution in [1.29, 1.82) is 0 Å². The summed E-state index contributed by atoms with van der Waals surface area (Å²) in [6, 6.07) is 15.0. The maximum atomic E-state index is 13.3. The van der Waals surface area contributed by atoms with Gasteiger partial charge in [0.05, 0.1) is 11.3 Å². The summed E-state index contributed by atoms with van der Waals surface area (Å²) in [4.78, 5) is 28.5. The number of hydrogen-bond acceptors (Lipinski definition) is 4. The van der Waals surface area contributed by atoms with Crippen LogP contribution in [-0.4, -0.2) is 11.8 Å². The number of imide groups is 1. The Morgan fingerprint density at radius 1 is 0.964 bits per heavy atom. The molecule has 1 aromatic heterocycles. The molecule has 4 nitrogen and oxygen atoms in total. The number of aryl methyl sites for hydroxylation is 2. The van der Waals surface area contributed by atoms with Crippen molar-refractivity contribution >= 4 is 40.1 Å². The van der Waals surface area contributed by atoms with Crippen LogP contribution in [0.5, 0.6) is 0 Å². The van der Waals surface area contributed by atoms with Crippen LogP contribution in [0, 0.1) is 19.7 Å². The zero-order valence-electron chi connectivity index (χ0n) is 15.3. The Morgan fingerprint density at radius 2 is 1.71 bits per heavy atom. The zero-order valence-corrected chi connectivity index (χ0v) is 16.1. The number of amides is 2. The number of anilines is 2. The van der Waals surface area contributed by atoms with Gasteiger partial charge in [0.1, 0.15) is 11.5 Å². The first-order valence-electron chi connectivity index (χ1n) is 8.72. The molecule has 0 radical (unpaired) electrons. The maximum absolute atomic E-state index is 13.3. The first kappa shape index (κ1) is 18.1. The van der Waals surface area contributed by atoms with E-state index in [2.05, 4.69) is 5.32 Å². The first-order valence-corrected chi connectivity index (χ1v) is 9.60. The Hall–Kier alpha value is -3.25. The van der Waals surface area contributed by atoms with Crippen LogP contribution in [-0.2, 0) is 9.59 Å². The van der Waals surface area contributed by atoms with E-state index in [9.17, 15) is 14.0 Å². The average molecular weight is 392 g/mol. The third kappa shape index (κ3) is 3.12. The van der Waals surface area contributed by atoms with E-state index in [1.165, 1.54) is 40.5 Å². The molecule has 140 valence electrons. The van der Waals surface area contributed by atoms with E-state index in [4.69, 9.17) is 0 Å². The largest absolute Gasteiger partial charge is 0.350 e. The fourth-order valence-electron chi connectivity index (χ4n) is 3.15. The van der Waals surface area contributed by atoms with Gasteiger partial charge in [0.2, 0.25) is 0 Å². The predicted molar refractivity (Wildman–Crippen MR) is 110 cm³/mol. The summed E-state index contributed by atoms with van der Waals surface area (Å²) in [5, 5.41) is 4.89. The highest BCUT2D eigenvalue weighted by Crippen LogP contribution is 2.36. The number of carbonyl (C=O) groups excluding carboxylic acids is 2. The van der Waals surface area contributed by atoms with E-state index in [-0.39, 0.29) is 17.4 Å². The summed E-state index contributed by atoms with van der Waals surface area (Å²) in [6.07, 6.45) is 0. The summed E-state index contributed by atoms with van der Waals surface area (Å²) in [5.74, 6) is -1.17. The molecule has 0 atom stereocenters. The topological polar surface area (TPSA) is 49.4 Å². The van der Waals surface area contributed by atoms with Crippen molar-refractivity contribution < 1.29 is 14.0 Å². The Balaban J connectivity index is 1.82. The molecular formula is C22H17FN2O2S. The molecule has 4 rings (SSSR count). The van der Waals surface area contributed by atoms with Gasteiger partial charge in [0.15, 0.2) is 0 Å². The second kappa shape index (κ2) is 7.05. The van der Waals surface area contributed by atoms with Gasteiger partial charge in [-0.25, -0.2) is 9.29 Å². The molecule has 1 aliphatic heterocycles. The van der Waals surface area contributed by atoms with Gasteiger partial charge in [0, 0.05) is 10.6 Å². The van der Waals surface area contributed by atoms with Crippen LogP contribution < -0.4 is 10.2 Å². The molecule has 0 unspecified atom stereocenters. The molecule has 2 heterocycles. The number of nitrogens with one attached hydrogen (secondary N) is 1. The van der Waals surface area contributed by atoms with E-state index in [1.807, 2.05) is 49.6 Å². The van der Waals surface area contributed by atoms with Gasteiger partial charge in [0.25, 0.3) is 11.8 Å². The summed E-state index contributed by atoms with van der Waals surface area (Å²) in [7, 11) is 0. The number of halogens is 1. The van der Waals surface area contributed by atoms with Gasteiger partial charge in [-0.15, -0.1) is 11.3 Å². The lowest BCUT2D eigenvalue weighted by molar-refractivity contribution is -0.120. The molecule has 1 N–H and O–H groups in total. The molecule has 0 saturated carbocycles. The van der Waals surface area contributed by atoms with E-state index >= 15 is 0 Å². The zero-order chi connectivity index (χ0) is 19.8. The van der Waals surface area contributed by atoms with Crippen molar-refractivity contribution in [2.24, 2.45) is 0 Å². The fraction of sp³-hybridized carbons (Fsp3) is 0.0909. The van der Waals surface area contributed by atoms with Gasteiger partial charge < -0.3 is 5.32 Å². The van der Waals surface area contributed by atoms with Gasteiger partial charge in [-0.1, -0.05) is 18.2 Å². The predicted octanol–water partition coefficient (Wildman–Crippen LogP) is 4.90. The maximum Gasteiger partial charge on any atom is 0.282 e. The lowest BCUT2D eigenvalue weighted by atomic mass is 10.1. The molecule has 28 heavy (non-hydrogen) atoms. The number of thiophene rings is 1. The van der Waals surface area contributed by atoms with Crippen molar-refractivity contribution in [3.8, 4) is 0 Å². The van der Waals surface area contributed by atoms with Crippen molar-refractivity contribution in [1.82, 2.24) is 0 Å². The number of nitrogens with zero attached hydrogens (tertiary/aromatic N) is 1. The summed E-state index contributed by atoms with van der Waals surface area (Å²) < 4.78 is 13.2. The van der Waals surface area contributed by atoms with Gasteiger partial charge in [-0.05, 0) is 66.8 Å². The van der Waals surface area contributed by atoms with E-state index in [1.54, 1.807) is 0 Å². The highest BCUT2D eigenvalue weighted by atomic mass is 32.1. The standard InChI is InChI=1S/C22H17FN2O2S/c1-13-5-6-14(2)17(12-13)25-21(26)19(18-4-3-11-28-18)20(22(25)27)24-16-9-7-15(23)8-10-16/h3-12,24H,1-2H3. The third-order valence-corrected chi connectivity index (χ3v) is 5.46. The van der Waals surface area contributed by atoms with Gasteiger partial charge >= 0.3 is 0 Å². The smallest absolute Gasteiger partial charge is 0.282 e. The third-order valence-electron chi connectivity index (χ3n) is 4.57. The monoisotopic (exact) mass is 392 g/mol. The Morgan fingerprint density at radius 3 is 2.39 bits per heavy atom. The fourth-order valence-corrected chi connectivity index (χ4v) is 3.92. The molecule has 0 fully saturated rings. The molecule has 0 aliphatic carbocycles. The number of rotatable bonds is 4. The minimum atomic E-state index is -0.425. The van der Waals surface area contributed by atoms with Crippen LogP contribution in [0.25, 0.3) is 5.57 Å². The van der Waals surface area contributed by atoms with Gasteiger partial charge in [-0.3, -0.25) is 9.59 Å². The number of carbonyl (C=O) groups is 2. The van der Waals surface area contributed by atoms with Crippen molar-refractivity contribution in [3.05, 3.63) is 87.5 Å². The van der Waals surface area contributed by atoms with E-state index in [0.29, 0.717) is 21.8 Å². The summed E-state index contributed by atoms with van der Waals surface area (Å²) >= 11 is 1.39. The van der Waals surface area contributed by atoms with Crippen LogP contribution in [0.4, 0.5) is 15.8 Å². The Kier molecular flexibility index (Phi) is 4.57. The minimum absolute atomic E-state index is 0.194. The van der Waals surface area contributed by atoms with Crippen molar-refractivity contribution in [2.75, 3.05) is 10.2 Å². The van der Waals surface area contributed by atoms with Crippen LogP contribution in [0.3, 0.4) is 0 Å². The minimum Gasteiger partial charge on any atom is -0.350 e. The Bertz CT molecular complexity index is 1100. The van der Waals surface area contributed by atoms with Crippen LogP contribution >= 0.6 is 11.3 Å². The molecule has 0 bridgehead atoms. The van der Waals surface area contributed by atoms with Crippen LogP contribution in [0.15, 0.2) is 65.7 Å². The lowest BCUT2D eigenvalue weighted by Crippen LogP contribution is -2.33. The summed E-state index contributed by atoms with van der Waals surface area (Å²) in [6.45, 7) is 3.78. The van der Waals surface area contributed by atoms with Crippen molar-refractivity contribution in [3.63, 3.8) is 0 Å². The summed E-state index contributed by atoms with van der Waals surface area (Å²) in [5.41, 5.74) is 3.42. The van der Waals surface area contributed by atoms with Gasteiger partial charge in [-0.2, -0.15) is 0 Å². The number of benzene rings is 2. The quantitative estimate of drug-likeness (QED) is 0.643. The van der Waals surface area contributed by atoms with Crippen LogP contribution in [0.2, 0.25) is 0 Å². The highest BCUT2D eigenvalue weighted by Gasteiger charge is 2.41. The lowest BCUT2D eigenvalue weighted by Gasteiger charge is -2.18. The molecule has 1 aliphatic rings. The molecule has 3 aromatic rings. The molecule has 0 spiro atoms. The van der Waals surface area contributed by atoms with Crippen LogP contribution in [0.1, 0.15) is 16.0 Å². The second-order valence-corrected chi connectivity index (χ2v) is 7.54. The molecule has 2 aromatic carbocycles.